The zero-order valence-electron chi connectivity index (χ0n) is 15.6. The quantitative estimate of drug-likeness (QED) is 0.798. The van der Waals surface area contributed by atoms with Gasteiger partial charge in [0.05, 0.1) is 20.3 Å². The Balaban J connectivity index is 1.79. The average molecular weight is 375 g/mol. The molecule has 1 fully saturated rings. The van der Waals surface area contributed by atoms with Gasteiger partial charge in [-0.05, 0) is 44.0 Å². The van der Waals surface area contributed by atoms with E-state index in [2.05, 4.69) is 24.4 Å². The molecule has 2 heterocycles. The van der Waals surface area contributed by atoms with Gasteiger partial charge in [0.15, 0.2) is 11.5 Å². The Bertz CT molecular complexity index is 759. The Morgan fingerprint density at radius 1 is 1.12 bits per heavy atom. The number of benzene rings is 1. The first-order valence-electron chi connectivity index (χ1n) is 8.98. The number of anilines is 1. The van der Waals surface area contributed by atoms with Crippen molar-refractivity contribution in [2.75, 3.05) is 26.1 Å². The van der Waals surface area contributed by atoms with E-state index < -0.39 is 0 Å². The second kappa shape index (κ2) is 8.45. The molecule has 0 bridgehead atoms. The van der Waals surface area contributed by atoms with Gasteiger partial charge in [-0.15, -0.1) is 11.3 Å². The SMILES string of the molecule is COc1ccc(NC(=O)N2CCCCC[C@@H]2c2ccc(C)s2)cc1OC. The largest absolute Gasteiger partial charge is 0.493 e. The van der Waals surface area contributed by atoms with E-state index in [0.717, 1.165) is 25.8 Å². The molecule has 3 rings (SSSR count). The molecule has 1 aromatic carbocycles. The van der Waals surface area contributed by atoms with Crippen LogP contribution in [-0.4, -0.2) is 31.7 Å². The Morgan fingerprint density at radius 2 is 1.92 bits per heavy atom. The summed E-state index contributed by atoms with van der Waals surface area (Å²) in [6.07, 6.45) is 4.38. The number of nitrogens with zero attached hydrogens (tertiary/aromatic N) is 1. The molecule has 0 saturated carbocycles. The molecule has 1 saturated heterocycles. The van der Waals surface area contributed by atoms with E-state index >= 15 is 0 Å². The number of hydrogen-bond acceptors (Lipinski definition) is 4. The van der Waals surface area contributed by atoms with Crippen molar-refractivity contribution in [3.8, 4) is 11.5 Å². The molecule has 6 heteroatoms. The van der Waals surface area contributed by atoms with Crippen molar-refractivity contribution in [3.05, 3.63) is 40.1 Å². The number of amides is 2. The highest BCUT2D eigenvalue weighted by molar-refractivity contribution is 7.12. The van der Waals surface area contributed by atoms with Crippen molar-refractivity contribution in [1.82, 2.24) is 4.90 Å². The predicted octanol–water partition coefficient (Wildman–Crippen LogP) is 5.22. The van der Waals surface area contributed by atoms with E-state index in [-0.39, 0.29) is 12.1 Å². The van der Waals surface area contributed by atoms with Crippen LogP contribution in [0, 0.1) is 6.92 Å². The first kappa shape index (κ1) is 18.6. The smallest absolute Gasteiger partial charge is 0.322 e. The van der Waals surface area contributed by atoms with Crippen molar-refractivity contribution in [2.24, 2.45) is 0 Å². The second-order valence-corrected chi connectivity index (χ2v) is 7.83. The van der Waals surface area contributed by atoms with Gasteiger partial charge in [-0.25, -0.2) is 4.79 Å². The molecule has 1 N–H and O–H groups in total. The monoisotopic (exact) mass is 374 g/mol. The average Bonchev–Trinajstić information content (AvgIpc) is 2.93. The summed E-state index contributed by atoms with van der Waals surface area (Å²) in [5.74, 6) is 1.25. The topological polar surface area (TPSA) is 50.8 Å². The van der Waals surface area contributed by atoms with Gasteiger partial charge in [-0.3, -0.25) is 0 Å². The summed E-state index contributed by atoms with van der Waals surface area (Å²) < 4.78 is 10.6. The van der Waals surface area contributed by atoms with Crippen molar-refractivity contribution in [3.63, 3.8) is 0 Å². The second-order valence-electron chi connectivity index (χ2n) is 6.51. The number of carbonyl (C=O) groups is 1. The highest BCUT2D eigenvalue weighted by Gasteiger charge is 2.28. The van der Waals surface area contributed by atoms with Crippen LogP contribution in [0.4, 0.5) is 10.5 Å². The number of ether oxygens (including phenoxy) is 2. The summed E-state index contributed by atoms with van der Waals surface area (Å²) in [7, 11) is 3.19. The first-order chi connectivity index (χ1) is 12.6. The fourth-order valence-electron chi connectivity index (χ4n) is 3.39. The normalized spacial score (nSPS) is 17.5. The lowest BCUT2D eigenvalue weighted by atomic mass is 10.1. The zero-order chi connectivity index (χ0) is 18.5. The van der Waals surface area contributed by atoms with Crippen molar-refractivity contribution >= 4 is 23.1 Å². The number of nitrogens with one attached hydrogen (secondary N) is 1. The van der Waals surface area contributed by atoms with Gasteiger partial charge in [0.1, 0.15) is 0 Å². The molecule has 5 nitrogen and oxygen atoms in total. The molecule has 2 aromatic rings. The Labute approximate surface area is 158 Å². The third-order valence-corrected chi connectivity index (χ3v) is 5.84. The summed E-state index contributed by atoms with van der Waals surface area (Å²) in [5, 5.41) is 3.03. The van der Waals surface area contributed by atoms with Crippen LogP contribution in [0.1, 0.15) is 41.5 Å². The van der Waals surface area contributed by atoms with Gasteiger partial charge in [-0.2, -0.15) is 0 Å². The molecule has 0 aliphatic carbocycles. The fourth-order valence-corrected chi connectivity index (χ4v) is 4.41. The molecule has 0 radical (unpaired) electrons. The number of urea groups is 1. The molecule has 2 amide bonds. The Hall–Kier alpha value is -2.21. The summed E-state index contributed by atoms with van der Waals surface area (Å²) in [6.45, 7) is 2.89. The number of methoxy groups -OCH3 is 2. The number of rotatable bonds is 4. The number of likely N-dealkylation sites (tertiary alicyclic amines) is 1. The van der Waals surface area contributed by atoms with E-state index in [1.807, 2.05) is 11.0 Å². The summed E-state index contributed by atoms with van der Waals surface area (Å²) in [4.78, 5) is 17.5. The van der Waals surface area contributed by atoms with Crippen LogP contribution in [0.15, 0.2) is 30.3 Å². The molecule has 140 valence electrons. The zero-order valence-corrected chi connectivity index (χ0v) is 16.4. The maximum atomic E-state index is 13.0. The van der Waals surface area contributed by atoms with Gasteiger partial charge < -0.3 is 19.7 Å². The molecule has 1 atom stereocenters. The first-order valence-corrected chi connectivity index (χ1v) is 9.80. The van der Waals surface area contributed by atoms with Crippen molar-refractivity contribution in [2.45, 2.75) is 38.6 Å². The summed E-state index contributed by atoms with van der Waals surface area (Å²) in [6, 6.07) is 9.81. The maximum absolute atomic E-state index is 13.0. The standard InChI is InChI=1S/C20H26N2O3S/c1-14-8-11-19(26-14)16-7-5-4-6-12-22(16)20(23)21-15-9-10-17(24-2)18(13-15)25-3/h8-11,13,16H,4-7,12H2,1-3H3,(H,21,23)/t16-/m1/s1. The van der Waals surface area contributed by atoms with Crippen LogP contribution in [-0.2, 0) is 0 Å². The predicted molar refractivity (Wildman–Crippen MR) is 106 cm³/mol. The maximum Gasteiger partial charge on any atom is 0.322 e. The van der Waals surface area contributed by atoms with Crippen LogP contribution in [0.5, 0.6) is 11.5 Å². The van der Waals surface area contributed by atoms with Crippen LogP contribution in [0.3, 0.4) is 0 Å². The van der Waals surface area contributed by atoms with Crippen LogP contribution in [0.2, 0.25) is 0 Å². The van der Waals surface area contributed by atoms with E-state index in [1.54, 1.807) is 37.7 Å². The molecule has 1 aromatic heterocycles. The number of hydrogen-bond donors (Lipinski definition) is 1. The Morgan fingerprint density at radius 3 is 2.62 bits per heavy atom. The highest BCUT2D eigenvalue weighted by Crippen LogP contribution is 2.35. The molecule has 1 aliphatic heterocycles. The number of aryl methyl sites for hydroxylation is 1. The molecular formula is C20H26N2O3S. The minimum absolute atomic E-state index is 0.0600. The van der Waals surface area contributed by atoms with Crippen LogP contribution in [0.25, 0.3) is 0 Å². The van der Waals surface area contributed by atoms with Gasteiger partial charge >= 0.3 is 6.03 Å². The Kier molecular flexibility index (Phi) is 6.04. The van der Waals surface area contributed by atoms with Gasteiger partial charge in [0, 0.05) is 28.1 Å². The minimum atomic E-state index is -0.0600. The molecule has 26 heavy (non-hydrogen) atoms. The lowest BCUT2D eigenvalue weighted by molar-refractivity contribution is 0.190. The van der Waals surface area contributed by atoms with Gasteiger partial charge in [-0.1, -0.05) is 12.8 Å². The van der Waals surface area contributed by atoms with Crippen LogP contribution >= 0.6 is 11.3 Å². The molecular weight excluding hydrogens is 348 g/mol. The summed E-state index contributed by atoms with van der Waals surface area (Å²) >= 11 is 1.78. The van der Waals surface area contributed by atoms with Crippen molar-refractivity contribution < 1.29 is 14.3 Å². The van der Waals surface area contributed by atoms with Gasteiger partial charge in [0.2, 0.25) is 0 Å². The molecule has 0 spiro atoms. The van der Waals surface area contributed by atoms with Gasteiger partial charge in [0.25, 0.3) is 0 Å². The molecule has 1 aliphatic rings. The third-order valence-electron chi connectivity index (χ3n) is 4.74. The summed E-state index contributed by atoms with van der Waals surface area (Å²) in [5.41, 5.74) is 0.706. The van der Waals surface area contributed by atoms with E-state index in [0.29, 0.717) is 17.2 Å². The lowest BCUT2D eigenvalue weighted by Gasteiger charge is -2.29. The minimum Gasteiger partial charge on any atom is -0.493 e. The fraction of sp³-hybridized carbons (Fsp3) is 0.450. The third kappa shape index (κ3) is 4.12. The molecule has 0 unspecified atom stereocenters. The number of thiophene rings is 1. The van der Waals surface area contributed by atoms with Crippen molar-refractivity contribution in [1.29, 1.82) is 0 Å². The van der Waals surface area contributed by atoms with E-state index in [4.69, 9.17) is 9.47 Å². The highest BCUT2D eigenvalue weighted by atomic mass is 32.1. The van der Waals surface area contributed by atoms with E-state index in [9.17, 15) is 4.79 Å². The van der Waals surface area contributed by atoms with Crippen LogP contribution < -0.4 is 14.8 Å². The number of carbonyl (C=O) groups excluding carboxylic acids is 1. The lowest BCUT2D eigenvalue weighted by Crippen LogP contribution is -2.37. The van der Waals surface area contributed by atoms with E-state index in [1.165, 1.54) is 16.2 Å².